The molecule has 1 aliphatic carbocycles. The first-order valence-corrected chi connectivity index (χ1v) is 11.4. The summed E-state index contributed by atoms with van der Waals surface area (Å²) in [5.74, 6) is -0.940. The summed E-state index contributed by atoms with van der Waals surface area (Å²) in [5.41, 5.74) is 0. The van der Waals surface area contributed by atoms with Crippen LogP contribution in [0.2, 0.25) is 0 Å². The van der Waals surface area contributed by atoms with E-state index in [4.69, 9.17) is 4.74 Å². The van der Waals surface area contributed by atoms with Gasteiger partial charge in [-0.25, -0.2) is 9.86 Å². The molecule has 174 valence electrons. The molecule has 10 nitrogen and oxygen atoms in total. The molecule has 3 fully saturated rings. The van der Waals surface area contributed by atoms with Crippen LogP contribution in [0.5, 0.6) is 0 Å². The average molecular weight is 439 g/mol. The lowest BCUT2D eigenvalue weighted by Gasteiger charge is -2.30. The highest BCUT2D eigenvalue weighted by Crippen LogP contribution is 2.32. The summed E-state index contributed by atoms with van der Waals surface area (Å²) in [6, 6.07) is -1.32. The topological polar surface area (TPSA) is 128 Å². The van der Waals surface area contributed by atoms with E-state index in [0.29, 0.717) is 56.4 Å². The van der Waals surface area contributed by atoms with Crippen molar-refractivity contribution in [2.24, 2.45) is 11.8 Å². The molecule has 0 aromatic carbocycles. The van der Waals surface area contributed by atoms with Crippen LogP contribution in [0.25, 0.3) is 0 Å². The first-order valence-electron chi connectivity index (χ1n) is 11.4. The van der Waals surface area contributed by atoms with Gasteiger partial charge in [0.25, 0.3) is 5.91 Å². The van der Waals surface area contributed by atoms with E-state index in [2.05, 4.69) is 10.6 Å². The van der Waals surface area contributed by atoms with Crippen molar-refractivity contribution in [1.29, 1.82) is 0 Å². The molecule has 3 atom stereocenters. The predicted molar refractivity (Wildman–Crippen MR) is 110 cm³/mol. The Labute approximate surface area is 182 Å². The minimum absolute atomic E-state index is 0.0269. The Bertz CT molecular complexity index is 648. The molecule has 2 saturated heterocycles. The maximum Gasteiger partial charge on any atom is 0.321 e. The standard InChI is InChI=1S/C21H34N4O6/c26-14-24(30)13-16(11-15-5-1-2-6-15)20(28)25-9-3-8-18(25)19(27)23-21(29)22-12-17-7-4-10-31-17/h14-18,30H,1-13H2,(H2,22,23,27,29)/t16-,17?,18+/m1/s1. The number of carbonyl (C=O) groups excluding carboxylic acids is 4. The summed E-state index contributed by atoms with van der Waals surface area (Å²) in [7, 11) is 0. The lowest BCUT2D eigenvalue weighted by molar-refractivity contribution is -0.158. The number of nitrogens with zero attached hydrogens (tertiary/aromatic N) is 2. The van der Waals surface area contributed by atoms with E-state index in [0.717, 1.165) is 38.5 Å². The van der Waals surface area contributed by atoms with Crippen molar-refractivity contribution in [2.45, 2.75) is 69.9 Å². The second-order valence-corrected chi connectivity index (χ2v) is 8.83. The smallest absolute Gasteiger partial charge is 0.321 e. The maximum atomic E-state index is 13.3. The Morgan fingerprint density at radius 2 is 1.90 bits per heavy atom. The van der Waals surface area contributed by atoms with Gasteiger partial charge in [-0.3, -0.25) is 24.9 Å². The van der Waals surface area contributed by atoms with Crippen LogP contribution in [0.3, 0.4) is 0 Å². The first-order chi connectivity index (χ1) is 15.0. The van der Waals surface area contributed by atoms with E-state index in [-0.39, 0.29) is 18.6 Å². The Kier molecular flexibility index (Phi) is 8.65. The summed E-state index contributed by atoms with van der Waals surface area (Å²) in [5, 5.41) is 15.2. The fraction of sp³-hybridized carbons (Fsp3) is 0.810. The molecule has 0 aromatic heterocycles. The molecular formula is C21H34N4O6. The first kappa shape index (κ1) is 23.5. The van der Waals surface area contributed by atoms with Gasteiger partial charge in [0.1, 0.15) is 6.04 Å². The molecule has 1 unspecified atom stereocenters. The van der Waals surface area contributed by atoms with E-state index in [9.17, 15) is 24.4 Å². The van der Waals surface area contributed by atoms with Crippen molar-refractivity contribution in [3.8, 4) is 0 Å². The fourth-order valence-corrected chi connectivity index (χ4v) is 4.96. The van der Waals surface area contributed by atoms with Gasteiger partial charge in [-0.05, 0) is 38.0 Å². The highest BCUT2D eigenvalue weighted by Gasteiger charge is 2.39. The Morgan fingerprint density at radius 1 is 1.13 bits per heavy atom. The monoisotopic (exact) mass is 438 g/mol. The van der Waals surface area contributed by atoms with Crippen molar-refractivity contribution >= 4 is 24.3 Å². The zero-order chi connectivity index (χ0) is 22.2. The number of carbonyl (C=O) groups is 4. The number of hydrogen-bond acceptors (Lipinski definition) is 6. The SMILES string of the molecule is O=CN(O)C[C@@H](CC1CCCC1)C(=O)N1CCC[C@H]1C(=O)NC(=O)NCC1CCCO1. The second-order valence-electron chi connectivity index (χ2n) is 8.83. The quantitative estimate of drug-likeness (QED) is 0.280. The molecule has 0 spiro atoms. The summed E-state index contributed by atoms with van der Waals surface area (Å²) in [6.07, 6.45) is 8.13. The minimum atomic E-state index is -0.726. The van der Waals surface area contributed by atoms with Gasteiger partial charge in [-0.15, -0.1) is 0 Å². The average Bonchev–Trinajstić information content (AvgIpc) is 3.53. The molecule has 0 radical (unpaired) electrons. The van der Waals surface area contributed by atoms with E-state index >= 15 is 0 Å². The molecule has 1 saturated carbocycles. The van der Waals surface area contributed by atoms with Crippen LogP contribution in [0.1, 0.15) is 57.8 Å². The number of amides is 5. The fourth-order valence-electron chi connectivity index (χ4n) is 4.96. The molecule has 0 bridgehead atoms. The van der Waals surface area contributed by atoms with Gasteiger partial charge in [0.2, 0.25) is 12.3 Å². The van der Waals surface area contributed by atoms with Gasteiger partial charge in [0.05, 0.1) is 18.6 Å². The molecule has 2 heterocycles. The highest BCUT2D eigenvalue weighted by molar-refractivity contribution is 5.99. The third-order valence-electron chi connectivity index (χ3n) is 6.56. The number of hydrogen-bond donors (Lipinski definition) is 3. The highest BCUT2D eigenvalue weighted by atomic mass is 16.5. The van der Waals surface area contributed by atoms with Crippen LogP contribution in [0, 0.1) is 11.8 Å². The molecule has 3 N–H and O–H groups in total. The van der Waals surface area contributed by atoms with E-state index in [1.165, 1.54) is 4.90 Å². The lowest BCUT2D eigenvalue weighted by Crippen LogP contribution is -2.52. The molecule has 10 heteroatoms. The van der Waals surface area contributed by atoms with Crippen LogP contribution in [0.15, 0.2) is 0 Å². The molecule has 0 aromatic rings. The van der Waals surface area contributed by atoms with Gasteiger partial charge < -0.3 is 15.0 Å². The van der Waals surface area contributed by atoms with Crippen molar-refractivity contribution in [3.63, 3.8) is 0 Å². The minimum Gasteiger partial charge on any atom is -0.376 e. The zero-order valence-corrected chi connectivity index (χ0v) is 18.0. The summed E-state index contributed by atoms with van der Waals surface area (Å²) in [6.45, 7) is 1.35. The van der Waals surface area contributed by atoms with Crippen LogP contribution in [-0.4, -0.2) is 77.8 Å². The van der Waals surface area contributed by atoms with Crippen molar-refractivity contribution < 1.29 is 29.1 Å². The number of hydroxylamine groups is 2. The molecule has 31 heavy (non-hydrogen) atoms. The summed E-state index contributed by atoms with van der Waals surface area (Å²) >= 11 is 0. The largest absolute Gasteiger partial charge is 0.376 e. The van der Waals surface area contributed by atoms with Crippen molar-refractivity contribution in [1.82, 2.24) is 20.6 Å². The van der Waals surface area contributed by atoms with Crippen LogP contribution in [-0.2, 0) is 19.1 Å². The molecule has 5 amide bonds. The molecule has 2 aliphatic heterocycles. The van der Waals surface area contributed by atoms with Crippen molar-refractivity contribution in [2.75, 3.05) is 26.2 Å². The third kappa shape index (κ3) is 6.64. The van der Waals surface area contributed by atoms with Gasteiger partial charge >= 0.3 is 6.03 Å². The number of likely N-dealkylation sites (tertiary alicyclic amines) is 1. The summed E-state index contributed by atoms with van der Waals surface area (Å²) < 4.78 is 5.45. The van der Waals surface area contributed by atoms with E-state index in [1.54, 1.807) is 0 Å². The van der Waals surface area contributed by atoms with Crippen LogP contribution in [0.4, 0.5) is 4.79 Å². The zero-order valence-electron chi connectivity index (χ0n) is 18.0. The van der Waals surface area contributed by atoms with Crippen LogP contribution >= 0.6 is 0 Å². The van der Waals surface area contributed by atoms with Gasteiger partial charge in [0.15, 0.2) is 0 Å². The second kappa shape index (κ2) is 11.4. The lowest BCUT2D eigenvalue weighted by atomic mass is 9.91. The van der Waals surface area contributed by atoms with Gasteiger partial charge in [-0.1, -0.05) is 25.7 Å². The van der Waals surface area contributed by atoms with Gasteiger partial charge in [0, 0.05) is 19.7 Å². The predicted octanol–water partition coefficient (Wildman–Crippen LogP) is 1.03. The number of rotatable bonds is 9. The Balaban J connectivity index is 1.56. The number of ether oxygens (including phenoxy) is 1. The normalized spacial score (nSPS) is 24.7. The molecule has 3 rings (SSSR count). The van der Waals surface area contributed by atoms with E-state index in [1.807, 2.05) is 0 Å². The number of urea groups is 1. The van der Waals surface area contributed by atoms with Crippen LogP contribution < -0.4 is 10.6 Å². The molecular weight excluding hydrogens is 404 g/mol. The third-order valence-corrected chi connectivity index (χ3v) is 6.56. The number of imide groups is 1. The van der Waals surface area contributed by atoms with Crippen molar-refractivity contribution in [3.05, 3.63) is 0 Å². The molecule has 3 aliphatic rings. The Morgan fingerprint density at radius 3 is 2.58 bits per heavy atom. The van der Waals surface area contributed by atoms with Gasteiger partial charge in [-0.2, -0.15) is 0 Å². The van der Waals surface area contributed by atoms with E-state index < -0.39 is 23.9 Å². The maximum absolute atomic E-state index is 13.3. The summed E-state index contributed by atoms with van der Waals surface area (Å²) in [4.78, 5) is 50.5. The number of nitrogens with one attached hydrogen (secondary N) is 2. The Hall–Kier alpha value is -2.20.